The number of nitrogens with zero attached hydrogens (tertiary/aromatic N) is 1. The molecule has 0 spiro atoms. The molecule has 2 bridgehead atoms. The van der Waals surface area contributed by atoms with Crippen molar-refractivity contribution in [3.63, 3.8) is 0 Å². The quantitative estimate of drug-likeness (QED) is 0.443. The first-order valence-corrected chi connectivity index (χ1v) is 8.95. The Morgan fingerprint density at radius 3 is 1.86 bits per heavy atom. The van der Waals surface area contributed by atoms with E-state index in [1.807, 2.05) is 0 Å². The maximum absolute atomic E-state index is 12.9. The van der Waals surface area contributed by atoms with Crippen LogP contribution in [0.15, 0.2) is 11.1 Å². The molecule has 0 radical (unpaired) electrons. The van der Waals surface area contributed by atoms with Crippen molar-refractivity contribution >= 4 is 27.7 Å². The number of carbonyl (C=O) groups is 2. The first-order valence-electron chi connectivity index (χ1n) is 7.83. The van der Waals surface area contributed by atoms with E-state index in [1.54, 1.807) is 0 Å². The Balaban J connectivity index is 2.09. The zero-order chi connectivity index (χ0) is 15.7. The van der Waals surface area contributed by atoms with Gasteiger partial charge in [0.05, 0.1) is 11.8 Å². The topological polar surface area (TPSA) is 37.4 Å². The minimum Gasteiger partial charge on any atom is -0.282 e. The highest BCUT2D eigenvalue weighted by Gasteiger charge is 2.75. The van der Waals surface area contributed by atoms with Crippen LogP contribution >= 0.6 is 15.9 Å². The molecule has 0 aromatic heterocycles. The molecule has 116 valence electrons. The van der Waals surface area contributed by atoms with Gasteiger partial charge in [0.2, 0.25) is 11.8 Å². The van der Waals surface area contributed by atoms with Gasteiger partial charge in [-0.2, -0.15) is 0 Å². The van der Waals surface area contributed by atoms with Gasteiger partial charge < -0.3 is 0 Å². The zero-order valence-electron chi connectivity index (χ0n) is 13.5. The van der Waals surface area contributed by atoms with Crippen molar-refractivity contribution in [3.05, 3.63) is 11.1 Å². The highest BCUT2D eigenvalue weighted by molar-refractivity contribution is 9.09. The van der Waals surface area contributed by atoms with Crippen molar-refractivity contribution in [1.29, 1.82) is 0 Å². The van der Waals surface area contributed by atoms with E-state index in [1.165, 1.54) is 16.0 Å². The second-order valence-electron chi connectivity index (χ2n) is 7.36. The number of hydrogen-bond donors (Lipinski definition) is 0. The second kappa shape index (κ2) is 4.43. The van der Waals surface area contributed by atoms with Gasteiger partial charge in [0.1, 0.15) is 0 Å². The predicted octanol–water partition coefficient (Wildman–Crippen LogP) is 3.38. The van der Waals surface area contributed by atoms with E-state index in [9.17, 15) is 9.59 Å². The third kappa shape index (κ3) is 1.45. The molecule has 0 aromatic carbocycles. The van der Waals surface area contributed by atoms with E-state index < -0.39 is 0 Å². The predicted molar refractivity (Wildman–Crippen MR) is 85.9 cm³/mol. The van der Waals surface area contributed by atoms with Crippen molar-refractivity contribution < 1.29 is 9.59 Å². The lowest BCUT2D eigenvalue weighted by Gasteiger charge is -2.34. The Hall–Kier alpha value is -0.640. The van der Waals surface area contributed by atoms with E-state index in [2.05, 4.69) is 50.5 Å². The van der Waals surface area contributed by atoms with E-state index >= 15 is 0 Å². The van der Waals surface area contributed by atoms with Gasteiger partial charge in [-0.1, -0.05) is 47.8 Å². The van der Waals surface area contributed by atoms with Crippen LogP contribution in [0.4, 0.5) is 0 Å². The van der Waals surface area contributed by atoms with E-state index in [4.69, 9.17) is 0 Å². The average Bonchev–Trinajstić information content (AvgIpc) is 2.86. The lowest BCUT2D eigenvalue weighted by atomic mass is 9.66. The van der Waals surface area contributed by atoms with Crippen molar-refractivity contribution in [2.24, 2.45) is 28.6 Å². The monoisotopic (exact) mass is 353 g/mol. The average molecular weight is 354 g/mol. The fraction of sp³-hybridized carbons (Fsp3) is 0.765. The van der Waals surface area contributed by atoms with Gasteiger partial charge in [-0.25, -0.2) is 0 Å². The molecule has 3 rings (SSSR count). The maximum atomic E-state index is 12.9. The molecule has 0 N–H and O–H groups in total. The molecule has 3 unspecified atom stereocenters. The van der Waals surface area contributed by atoms with Crippen LogP contribution in [-0.2, 0) is 9.59 Å². The summed E-state index contributed by atoms with van der Waals surface area (Å²) in [5, 5.41) is 0.820. The molecule has 3 aliphatic rings. The third-order valence-electron chi connectivity index (χ3n) is 7.18. The summed E-state index contributed by atoms with van der Waals surface area (Å²) in [6.07, 6.45) is 0.825. The Morgan fingerprint density at radius 2 is 1.48 bits per heavy atom. The molecule has 2 amide bonds. The van der Waals surface area contributed by atoms with Crippen molar-refractivity contribution in [3.8, 4) is 0 Å². The summed E-state index contributed by atoms with van der Waals surface area (Å²) in [5.41, 5.74) is 2.36. The van der Waals surface area contributed by atoms with E-state index in [0.717, 1.165) is 11.8 Å². The maximum Gasteiger partial charge on any atom is 0.234 e. The van der Waals surface area contributed by atoms with Gasteiger partial charge in [-0.3, -0.25) is 14.5 Å². The van der Waals surface area contributed by atoms with Gasteiger partial charge in [-0.05, 0) is 26.2 Å². The fourth-order valence-corrected chi connectivity index (χ4v) is 5.71. The molecule has 1 heterocycles. The lowest BCUT2D eigenvalue weighted by Crippen LogP contribution is -2.39. The Bertz CT molecular complexity index is 525. The summed E-state index contributed by atoms with van der Waals surface area (Å²) >= 11 is 3.39. The number of carbonyl (C=O) groups excluding carboxylic acids is 2. The summed E-state index contributed by atoms with van der Waals surface area (Å²) in [6.45, 7) is 11.5. The Labute approximate surface area is 135 Å². The lowest BCUT2D eigenvalue weighted by molar-refractivity contribution is -0.142. The highest BCUT2D eigenvalue weighted by Crippen LogP contribution is 2.74. The summed E-state index contributed by atoms with van der Waals surface area (Å²) in [7, 11) is 0. The number of allylic oxidation sites excluding steroid dienone is 2. The molecule has 1 saturated heterocycles. The molecule has 3 nitrogen and oxygen atoms in total. The largest absolute Gasteiger partial charge is 0.282 e. The number of hydrogen-bond acceptors (Lipinski definition) is 2. The zero-order valence-corrected chi connectivity index (χ0v) is 15.1. The van der Waals surface area contributed by atoms with Crippen LogP contribution in [0.2, 0.25) is 0 Å². The van der Waals surface area contributed by atoms with Crippen LogP contribution < -0.4 is 0 Å². The summed E-state index contributed by atoms with van der Waals surface area (Å²) < 4.78 is 0. The number of imide groups is 1. The van der Waals surface area contributed by atoms with E-state index in [0.29, 0.717) is 12.5 Å². The van der Waals surface area contributed by atoms with Crippen molar-refractivity contribution in [2.45, 2.75) is 41.0 Å². The van der Waals surface area contributed by atoms with Crippen LogP contribution in [0.5, 0.6) is 0 Å². The summed E-state index contributed by atoms with van der Waals surface area (Å²) in [5.74, 6) is 0.186. The minimum absolute atomic E-state index is 0.0656. The van der Waals surface area contributed by atoms with Crippen molar-refractivity contribution in [2.75, 3.05) is 11.9 Å². The molecule has 2 aliphatic carbocycles. The van der Waals surface area contributed by atoms with Crippen LogP contribution in [0.25, 0.3) is 0 Å². The molecule has 2 fully saturated rings. The van der Waals surface area contributed by atoms with Crippen LogP contribution in [0.3, 0.4) is 0 Å². The van der Waals surface area contributed by atoms with Gasteiger partial charge in [0, 0.05) is 22.7 Å². The molecule has 21 heavy (non-hydrogen) atoms. The second-order valence-corrected chi connectivity index (χ2v) is 8.16. The third-order valence-corrected chi connectivity index (χ3v) is 7.74. The molecular weight excluding hydrogens is 330 g/mol. The number of likely N-dealkylation sites (tertiary alicyclic amines) is 1. The van der Waals surface area contributed by atoms with Gasteiger partial charge >= 0.3 is 0 Å². The first kappa shape index (κ1) is 15.3. The molecule has 0 aromatic rings. The Kier molecular flexibility index (Phi) is 3.22. The van der Waals surface area contributed by atoms with Gasteiger partial charge in [-0.15, -0.1) is 0 Å². The van der Waals surface area contributed by atoms with Crippen molar-refractivity contribution in [1.82, 2.24) is 4.90 Å². The molecule has 4 heteroatoms. The number of alkyl halides is 1. The smallest absolute Gasteiger partial charge is 0.234 e. The standard InChI is InChI=1S/C17H24BrNO2/c1-9-10(2)17(5)11(3)16(9,4)12-13(17)15(21)19(14(12)20)8-6-7-18/h11-13H,6-8H2,1-5H3/t11?,12?,13?,16-,17+. The van der Waals surface area contributed by atoms with Crippen LogP contribution in [-0.4, -0.2) is 28.6 Å². The number of halogens is 1. The van der Waals surface area contributed by atoms with Crippen LogP contribution in [0.1, 0.15) is 41.0 Å². The summed E-state index contributed by atoms with van der Waals surface area (Å²) in [4.78, 5) is 27.3. The minimum atomic E-state index is -0.153. The number of fused-ring (bicyclic) bond motifs is 5. The van der Waals surface area contributed by atoms with Crippen LogP contribution in [0, 0.1) is 28.6 Å². The number of rotatable bonds is 3. The van der Waals surface area contributed by atoms with Gasteiger partial charge in [0.25, 0.3) is 0 Å². The molecule has 1 saturated carbocycles. The molecular formula is C17H24BrNO2. The SMILES string of the molecule is CC1=C(C)[C@]2(C)C3C(=O)N(CCCBr)C(=O)C3[C@@]1(C)C2C. The fourth-order valence-electron chi connectivity index (χ4n) is 5.46. The van der Waals surface area contributed by atoms with E-state index in [-0.39, 0.29) is 34.5 Å². The normalized spacial score (nSPS) is 45.0. The first-order chi connectivity index (χ1) is 9.73. The Morgan fingerprint density at radius 1 is 1.05 bits per heavy atom. The molecule has 5 atom stereocenters. The highest BCUT2D eigenvalue weighted by atomic mass is 79.9. The summed E-state index contributed by atoms with van der Waals surface area (Å²) in [6, 6.07) is 0. The van der Waals surface area contributed by atoms with Gasteiger partial charge in [0.15, 0.2) is 0 Å². The molecule has 1 aliphatic heterocycles. The number of amides is 2.